The van der Waals surface area contributed by atoms with Crippen LogP contribution in [0.5, 0.6) is 5.75 Å². The van der Waals surface area contributed by atoms with E-state index in [-0.39, 0.29) is 23.8 Å². The largest absolute Gasteiger partial charge is 0.493 e. The van der Waals surface area contributed by atoms with Gasteiger partial charge < -0.3 is 10.5 Å². The molecule has 0 saturated heterocycles. The third-order valence-electron chi connectivity index (χ3n) is 3.66. The molecule has 1 aromatic carbocycles. The summed E-state index contributed by atoms with van der Waals surface area (Å²) in [7, 11) is -3.58. The van der Waals surface area contributed by atoms with Crippen molar-refractivity contribution in [3.05, 3.63) is 23.8 Å². The molecular weight excluding hydrogens is 324 g/mol. The van der Waals surface area contributed by atoms with Crippen molar-refractivity contribution >= 4 is 22.4 Å². The summed E-state index contributed by atoms with van der Waals surface area (Å²) in [4.78, 5) is 0.273. The number of hydrogen-bond donors (Lipinski definition) is 2. The predicted molar refractivity (Wildman–Crippen MR) is 90.1 cm³/mol. The van der Waals surface area contributed by atoms with Crippen LogP contribution in [-0.4, -0.2) is 27.1 Å². The average molecular weight is 349 g/mol. The highest BCUT2D eigenvalue weighted by atomic mass is 35.5. The second-order valence-electron chi connectivity index (χ2n) is 6.34. The van der Waals surface area contributed by atoms with Crippen molar-refractivity contribution in [2.24, 2.45) is 11.7 Å². The molecule has 0 aliphatic carbocycles. The maximum Gasteiger partial charge on any atom is 0.241 e. The number of sulfonamides is 1. The van der Waals surface area contributed by atoms with Gasteiger partial charge in [0.25, 0.3) is 0 Å². The molecule has 1 aromatic rings. The van der Waals surface area contributed by atoms with E-state index in [1.165, 1.54) is 0 Å². The van der Waals surface area contributed by atoms with E-state index >= 15 is 0 Å². The standard InChI is InChI=1S/C15H24N2O3S.ClH/c1-11(2)9-15(3,10-16)17-21(18,19)13-4-5-14-12(8-13)6-7-20-14;/h4-5,8,11,17H,6-7,9-10,16H2,1-3H3;1H. The van der Waals surface area contributed by atoms with Crippen LogP contribution in [0.1, 0.15) is 32.8 Å². The van der Waals surface area contributed by atoms with Gasteiger partial charge in [0, 0.05) is 18.5 Å². The molecule has 0 spiro atoms. The zero-order valence-electron chi connectivity index (χ0n) is 13.3. The highest BCUT2D eigenvalue weighted by Crippen LogP contribution is 2.28. The summed E-state index contributed by atoms with van der Waals surface area (Å²) in [5, 5.41) is 0. The minimum atomic E-state index is -3.58. The first kappa shape index (κ1) is 19.2. The van der Waals surface area contributed by atoms with Crippen molar-refractivity contribution < 1.29 is 13.2 Å². The summed E-state index contributed by atoms with van der Waals surface area (Å²) < 4.78 is 33.3. The molecule has 22 heavy (non-hydrogen) atoms. The number of halogens is 1. The molecular formula is C15H25ClN2O3S. The second kappa shape index (κ2) is 7.17. The third-order valence-corrected chi connectivity index (χ3v) is 5.30. The molecule has 3 N–H and O–H groups in total. The van der Waals surface area contributed by atoms with Crippen molar-refractivity contribution in [1.82, 2.24) is 4.72 Å². The summed E-state index contributed by atoms with van der Waals surface area (Å²) in [6.45, 7) is 6.82. The van der Waals surface area contributed by atoms with E-state index in [9.17, 15) is 8.42 Å². The predicted octanol–water partition coefficient (Wildman–Crippen LogP) is 2.09. The summed E-state index contributed by atoms with van der Waals surface area (Å²) in [5.41, 5.74) is 6.09. The molecule has 1 heterocycles. The fourth-order valence-corrected chi connectivity index (χ4v) is 4.26. The van der Waals surface area contributed by atoms with E-state index in [1.807, 2.05) is 6.92 Å². The van der Waals surface area contributed by atoms with Crippen LogP contribution in [0.3, 0.4) is 0 Å². The Kier molecular flexibility index (Phi) is 6.27. The molecule has 7 heteroatoms. The Hall–Kier alpha value is -0.820. The van der Waals surface area contributed by atoms with Crippen LogP contribution in [0.15, 0.2) is 23.1 Å². The lowest BCUT2D eigenvalue weighted by Crippen LogP contribution is -2.51. The quantitative estimate of drug-likeness (QED) is 0.824. The lowest BCUT2D eigenvalue weighted by molar-refractivity contribution is 0.344. The molecule has 5 nitrogen and oxygen atoms in total. The van der Waals surface area contributed by atoms with Crippen molar-refractivity contribution in [3.63, 3.8) is 0 Å². The summed E-state index contributed by atoms with van der Waals surface area (Å²) in [6, 6.07) is 4.99. The topological polar surface area (TPSA) is 81.4 Å². The minimum Gasteiger partial charge on any atom is -0.493 e. The van der Waals surface area contributed by atoms with Crippen molar-refractivity contribution in [1.29, 1.82) is 0 Å². The number of hydrogen-bond acceptors (Lipinski definition) is 4. The van der Waals surface area contributed by atoms with Crippen molar-refractivity contribution in [2.45, 2.75) is 44.0 Å². The van der Waals surface area contributed by atoms with Gasteiger partial charge in [0.05, 0.1) is 11.5 Å². The molecule has 0 fully saturated rings. The molecule has 0 radical (unpaired) electrons. The normalized spacial score (nSPS) is 16.6. The van der Waals surface area contributed by atoms with Crippen molar-refractivity contribution in [2.75, 3.05) is 13.2 Å². The third kappa shape index (κ3) is 4.35. The molecule has 1 atom stereocenters. The van der Waals surface area contributed by atoms with Crippen LogP contribution in [0.2, 0.25) is 0 Å². The van der Waals surface area contributed by atoms with Gasteiger partial charge in [-0.3, -0.25) is 0 Å². The molecule has 0 aromatic heterocycles. The van der Waals surface area contributed by atoms with E-state index in [2.05, 4.69) is 18.6 Å². The van der Waals surface area contributed by atoms with E-state index in [4.69, 9.17) is 10.5 Å². The first-order chi connectivity index (χ1) is 9.76. The highest BCUT2D eigenvalue weighted by molar-refractivity contribution is 7.89. The molecule has 1 unspecified atom stereocenters. The number of ether oxygens (including phenoxy) is 1. The molecule has 0 amide bonds. The summed E-state index contributed by atoms with van der Waals surface area (Å²) in [6.07, 6.45) is 1.44. The Morgan fingerprint density at radius 3 is 2.68 bits per heavy atom. The van der Waals surface area contributed by atoms with Gasteiger partial charge in [0.15, 0.2) is 0 Å². The van der Waals surface area contributed by atoms with E-state index in [0.29, 0.717) is 18.9 Å². The maximum atomic E-state index is 12.6. The minimum absolute atomic E-state index is 0. The Balaban J connectivity index is 0.00000242. The van der Waals surface area contributed by atoms with Gasteiger partial charge in [-0.25, -0.2) is 13.1 Å². The first-order valence-electron chi connectivity index (χ1n) is 7.25. The number of fused-ring (bicyclic) bond motifs is 1. The number of nitrogens with two attached hydrogens (primary N) is 1. The molecule has 1 aliphatic heterocycles. The Labute approximate surface area is 139 Å². The smallest absolute Gasteiger partial charge is 0.241 e. The lowest BCUT2D eigenvalue weighted by atomic mass is 9.92. The Morgan fingerprint density at radius 2 is 2.09 bits per heavy atom. The maximum absolute atomic E-state index is 12.6. The molecule has 1 aliphatic rings. The number of rotatable bonds is 6. The zero-order chi connectivity index (χ0) is 15.7. The molecule has 126 valence electrons. The van der Waals surface area contributed by atoms with Crippen molar-refractivity contribution in [3.8, 4) is 5.75 Å². The van der Waals surface area contributed by atoms with Crippen LogP contribution >= 0.6 is 12.4 Å². The van der Waals surface area contributed by atoms with Gasteiger partial charge in [0.2, 0.25) is 10.0 Å². The van der Waals surface area contributed by atoms with Gasteiger partial charge in [0.1, 0.15) is 5.75 Å². The van der Waals surface area contributed by atoms with E-state index in [0.717, 1.165) is 17.7 Å². The average Bonchev–Trinajstić information content (AvgIpc) is 2.84. The lowest BCUT2D eigenvalue weighted by Gasteiger charge is -2.30. The first-order valence-corrected chi connectivity index (χ1v) is 8.74. The van der Waals surface area contributed by atoms with E-state index in [1.54, 1.807) is 18.2 Å². The van der Waals surface area contributed by atoms with Gasteiger partial charge in [-0.1, -0.05) is 13.8 Å². The Bertz CT molecular complexity index is 619. The van der Waals surface area contributed by atoms with Gasteiger partial charge in [-0.15, -0.1) is 12.4 Å². The molecule has 0 saturated carbocycles. The van der Waals surface area contributed by atoms with E-state index < -0.39 is 15.6 Å². The van der Waals surface area contributed by atoms with Crippen LogP contribution < -0.4 is 15.2 Å². The monoisotopic (exact) mass is 348 g/mol. The van der Waals surface area contributed by atoms with Gasteiger partial charge >= 0.3 is 0 Å². The molecule has 2 rings (SSSR count). The van der Waals surface area contributed by atoms with Gasteiger partial charge in [-0.05, 0) is 43.0 Å². The summed E-state index contributed by atoms with van der Waals surface area (Å²) >= 11 is 0. The summed E-state index contributed by atoms with van der Waals surface area (Å²) in [5.74, 6) is 1.13. The fourth-order valence-electron chi connectivity index (χ4n) is 2.78. The highest BCUT2D eigenvalue weighted by Gasteiger charge is 2.30. The fraction of sp³-hybridized carbons (Fsp3) is 0.600. The number of nitrogens with one attached hydrogen (secondary N) is 1. The number of benzene rings is 1. The van der Waals surface area contributed by atoms with Crippen LogP contribution in [0, 0.1) is 5.92 Å². The van der Waals surface area contributed by atoms with Crippen LogP contribution in [-0.2, 0) is 16.4 Å². The second-order valence-corrected chi connectivity index (χ2v) is 8.02. The Morgan fingerprint density at radius 1 is 1.41 bits per heavy atom. The van der Waals surface area contributed by atoms with Crippen LogP contribution in [0.4, 0.5) is 0 Å². The molecule has 0 bridgehead atoms. The van der Waals surface area contributed by atoms with Crippen LogP contribution in [0.25, 0.3) is 0 Å². The zero-order valence-corrected chi connectivity index (χ0v) is 14.9. The SMILES string of the molecule is CC(C)CC(C)(CN)NS(=O)(=O)c1ccc2c(c1)CCO2.Cl. The van der Waals surface area contributed by atoms with Gasteiger partial charge in [-0.2, -0.15) is 0 Å².